The maximum atomic E-state index is 5.56. The first-order chi connectivity index (χ1) is 7.16. The summed E-state index contributed by atoms with van der Waals surface area (Å²) in [6.45, 7) is 2.06. The van der Waals surface area contributed by atoms with E-state index in [2.05, 4.69) is 33.9 Å². The van der Waals surface area contributed by atoms with Gasteiger partial charge in [0.1, 0.15) is 5.82 Å². The molecule has 1 saturated heterocycles. The van der Waals surface area contributed by atoms with Gasteiger partial charge in [-0.15, -0.1) is 0 Å². The summed E-state index contributed by atoms with van der Waals surface area (Å²) in [5, 5.41) is 0. The van der Waals surface area contributed by atoms with Crippen LogP contribution in [0.2, 0.25) is 0 Å². The molecule has 1 aromatic heterocycles. The van der Waals surface area contributed by atoms with Gasteiger partial charge in [0.15, 0.2) is 0 Å². The van der Waals surface area contributed by atoms with E-state index in [4.69, 9.17) is 5.73 Å². The molecule has 0 aliphatic carbocycles. The summed E-state index contributed by atoms with van der Waals surface area (Å²) in [6.07, 6.45) is 2.89. The lowest BCUT2D eigenvalue weighted by atomic mass is 10.2. The van der Waals surface area contributed by atoms with Crippen molar-refractivity contribution in [1.82, 2.24) is 14.9 Å². The first-order valence-corrected chi connectivity index (χ1v) is 5.16. The SMILES string of the molecule is CN(C)[C@H]1CCN(c2ccnc(N)n2)C1. The molecule has 1 aliphatic rings. The highest BCUT2D eigenvalue weighted by Gasteiger charge is 2.24. The van der Waals surface area contributed by atoms with Gasteiger partial charge < -0.3 is 15.5 Å². The first-order valence-electron chi connectivity index (χ1n) is 5.16. The van der Waals surface area contributed by atoms with Crippen molar-refractivity contribution < 1.29 is 0 Å². The van der Waals surface area contributed by atoms with Crippen molar-refractivity contribution >= 4 is 11.8 Å². The van der Waals surface area contributed by atoms with E-state index in [0.717, 1.165) is 18.9 Å². The van der Waals surface area contributed by atoms with Crippen molar-refractivity contribution in [2.24, 2.45) is 0 Å². The molecule has 0 unspecified atom stereocenters. The lowest BCUT2D eigenvalue weighted by Gasteiger charge is -2.20. The van der Waals surface area contributed by atoms with Gasteiger partial charge in [-0.05, 0) is 26.6 Å². The minimum absolute atomic E-state index is 0.348. The summed E-state index contributed by atoms with van der Waals surface area (Å²) in [6, 6.07) is 2.52. The van der Waals surface area contributed by atoms with Gasteiger partial charge >= 0.3 is 0 Å². The zero-order chi connectivity index (χ0) is 10.8. The summed E-state index contributed by atoms with van der Waals surface area (Å²) < 4.78 is 0. The van der Waals surface area contributed by atoms with Crippen molar-refractivity contribution in [3.63, 3.8) is 0 Å². The normalized spacial score (nSPS) is 21.3. The Labute approximate surface area is 89.9 Å². The van der Waals surface area contributed by atoms with Gasteiger partial charge in [0.25, 0.3) is 0 Å². The summed E-state index contributed by atoms with van der Waals surface area (Å²) >= 11 is 0. The van der Waals surface area contributed by atoms with Gasteiger partial charge in [-0.1, -0.05) is 0 Å². The smallest absolute Gasteiger partial charge is 0.221 e. The number of aromatic nitrogens is 2. The number of rotatable bonds is 2. The Morgan fingerprint density at radius 1 is 1.53 bits per heavy atom. The predicted molar refractivity (Wildman–Crippen MR) is 60.7 cm³/mol. The predicted octanol–water partition coefficient (Wildman–Crippen LogP) is 0.199. The van der Waals surface area contributed by atoms with E-state index in [-0.39, 0.29) is 0 Å². The average Bonchev–Trinajstić information content (AvgIpc) is 2.66. The van der Waals surface area contributed by atoms with Crippen LogP contribution in [0.25, 0.3) is 0 Å². The molecule has 82 valence electrons. The zero-order valence-electron chi connectivity index (χ0n) is 9.22. The molecular formula is C10H17N5. The third-order valence-electron chi connectivity index (χ3n) is 2.88. The molecule has 2 rings (SSSR count). The maximum absolute atomic E-state index is 5.56. The van der Waals surface area contributed by atoms with E-state index in [9.17, 15) is 0 Å². The molecule has 0 radical (unpaired) electrons. The number of nitrogens with zero attached hydrogens (tertiary/aromatic N) is 4. The van der Waals surface area contributed by atoms with Crippen molar-refractivity contribution in [2.45, 2.75) is 12.5 Å². The third kappa shape index (κ3) is 2.18. The van der Waals surface area contributed by atoms with Crippen LogP contribution < -0.4 is 10.6 Å². The minimum Gasteiger partial charge on any atom is -0.368 e. The number of nitrogen functional groups attached to an aromatic ring is 1. The molecule has 2 N–H and O–H groups in total. The second kappa shape index (κ2) is 4.02. The van der Waals surface area contributed by atoms with Crippen LogP contribution in [0.15, 0.2) is 12.3 Å². The molecular weight excluding hydrogens is 190 g/mol. The molecule has 1 aromatic rings. The first kappa shape index (κ1) is 10.2. The Balaban J connectivity index is 2.08. The number of nitrogens with two attached hydrogens (primary N) is 1. The van der Waals surface area contributed by atoms with Crippen LogP contribution in [0, 0.1) is 0 Å². The van der Waals surface area contributed by atoms with Gasteiger partial charge in [0.2, 0.25) is 5.95 Å². The Kier molecular flexibility index (Phi) is 2.73. The Bertz CT molecular complexity index is 338. The monoisotopic (exact) mass is 207 g/mol. The third-order valence-corrected chi connectivity index (χ3v) is 2.88. The van der Waals surface area contributed by atoms with Crippen molar-refractivity contribution in [1.29, 1.82) is 0 Å². The van der Waals surface area contributed by atoms with Crippen LogP contribution in [0.4, 0.5) is 11.8 Å². The Morgan fingerprint density at radius 2 is 2.33 bits per heavy atom. The highest BCUT2D eigenvalue weighted by atomic mass is 15.3. The van der Waals surface area contributed by atoms with E-state index < -0.39 is 0 Å². The van der Waals surface area contributed by atoms with Gasteiger partial charge in [-0.2, -0.15) is 4.98 Å². The molecule has 2 heterocycles. The second-order valence-electron chi connectivity index (χ2n) is 4.13. The van der Waals surface area contributed by atoms with Crippen LogP contribution in [0.1, 0.15) is 6.42 Å². The van der Waals surface area contributed by atoms with E-state index >= 15 is 0 Å². The second-order valence-corrected chi connectivity index (χ2v) is 4.13. The largest absolute Gasteiger partial charge is 0.368 e. The fourth-order valence-electron chi connectivity index (χ4n) is 1.91. The number of likely N-dealkylation sites (N-methyl/N-ethyl adjacent to an activating group) is 1. The van der Waals surface area contributed by atoms with Gasteiger partial charge in [-0.25, -0.2) is 4.98 Å². The van der Waals surface area contributed by atoms with Crippen molar-refractivity contribution in [3.05, 3.63) is 12.3 Å². The molecule has 0 saturated carbocycles. The Hall–Kier alpha value is -1.36. The molecule has 15 heavy (non-hydrogen) atoms. The highest BCUT2D eigenvalue weighted by Crippen LogP contribution is 2.19. The van der Waals surface area contributed by atoms with Crippen molar-refractivity contribution in [3.8, 4) is 0 Å². The molecule has 0 amide bonds. The lowest BCUT2D eigenvalue weighted by molar-refractivity contribution is 0.315. The highest BCUT2D eigenvalue weighted by molar-refractivity contribution is 5.42. The fourth-order valence-corrected chi connectivity index (χ4v) is 1.91. The molecule has 1 atom stereocenters. The molecule has 1 aliphatic heterocycles. The summed E-state index contributed by atoms with van der Waals surface area (Å²) in [5.74, 6) is 1.28. The van der Waals surface area contributed by atoms with Crippen LogP contribution in [0.5, 0.6) is 0 Å². The van der Waals surface area contributed by atoms with Gasteiger partial charge in [-0.3, -0.25) is 0 Å². The van der Waals surface area contributed by atoms with Crippen LogP contribution in [0.3, 0.4) is 0 Å². The van der Waals surface area contributed by atoms with Crippen molar-refractivity contribution in [2.75, 3.05) is 37.8 Å². The fraction of sp³-hybridized carbons (Fsp3) is 0.600. The summed E-state index contributed by atoms with van der Waals surface area (Å²) in [4.78, 5) is 12.6. The quantitative estimate of drug-likeness (QED) is 0.750. The van der Waals surface area contributed by atoms with Crippen LogP contribution in [-0.4, -0.2) is 48.1 Å². The molecule has 0 spiro atoms. The molecule has 5 nitrogen and oxygen atoms in total. The number of hydrogen-bond donors (Lipinski definition) is 1. The van der Waals surface area contributed by atoms with E-state index in [1.54, 1.807) is 6.20 Å². The summed E-state index contributed by atoms with van der Waals surface area (Å²) in [5.41, 5.74) is 5.56. The van der Waals surface area contributed by atoms with E-state index in [1.165, 1.54) is 6.42 Å². The zero-order valence-corrected chi connectivity index (χ0v) is 9.22. The molecule has 1 fully saturated rings. The van der Waals surface area contributed by atoms with Gasteiger partial charge in [0, 0.05) is 25.3 Å². The molecule has 0 bridgehead atoms. The molecule has 5 heteroatoms. The summed E-state index contributed by atoms with van der Waals surface area (Å²) in [7, 11) is 4.23. The van der Waals surface area contributed by atoms with Gasteiger partial charge in [0.05, 0.1) is 0 Å². The van der Waals surface area contributed by atoms with E-state index in [0.29, 0.717) is 12.0 Å². The number of hydrogen-bond acceptors (Lipinski definition) is 5. The van der Waals surface area contributed by atoms with Crippen LogP contribution in [-0.2, 0) is 0 Å². The van der Waals surface area contributed by atoms with Crippen LogP contribution >= 0.6 is 0 Å². The molecule has 0 aromatic carbocycles. The Morgan fingerprint density at radius 3 is 2.93 bits per heavy atom. The van der Waals surface area contributed by atoms with E-state index in [1.807, 2.05) is 6.07 Å². The maximum Gasteiger partial charge on any atom is 0.221 e. The average molecular weight is 207 g/mol. The standard InChI is InChI=1S/C10H17N5/c1-14(2)8-4-6-15(7-8)9-3-5-12-10(11)13-9/h3,5,8H,4,6-7H2,1-2H3,(H2,11,12,13)/t8-/m0/s1. The lowest BCUT2D eigenvalue weighted by Crippen LogP contribution is -2.31. The number of anilines is 2. The topological polar surface area (TPSA) is 58.3 Å². The minimum atomic E-state index is 0.348.